The van der Waals surface area contributed by atoms with Crippen molar-refractivity contribution in [1.82, 2.24) is 0 Å². The average molecular weight is 248 g/mol. The van der Waals surface area contributed by atoms with Gasteiger partial charge in [-0.2, -0.15) is 5.26 Å². The van der Waals surface area contributed by atoms with Crippen molar-refractivity contribution in [1.29, 1.82) is 5.26 Å². The lowest BCUT2D eigenvalue weighted by molar-refractivity contribution is -0.384. The molecular weight excluding hydrogens is 232 g/mol. The lowest BCUT2D eigenvalue weighted by Crippen LogP contribution is -2.15. The highest BCUT2D eigenvalue weighted by Crippen LogP contribution is 2.25. The first-order valence-corrected chi connectivity index (χ1v) is 5.79. The van der Waals surface area contributed by atoms with Crippen molar-refractivity contribution in [3.8, 4) is 11.8 Å². The Bertz CT molecular complexity index is 478. The molecule has 1 atom stereocenters. The minimum absolute atomic E-state index is 0.0291. The third kappa shape index (κ3) is 3.74. The van der Waals surface area contributed by atoms with E-state index in [0.717, 1.165) is 6.42 Å². The minimum atomic E-state index is -0.526. The SMILES string of the molecule is CC(C)CC(C)Oc1ccc([N+](=O)[O-])cc1C#N. The standard InChI is InChI=1S/C13H16N2O3/c1-9(2)6-10(3)18-13-5-4-12(15(16)17)7-11(13)8-14/h4-5,7,9-10H,6H2,1-3H3. The molecule has 0 radical (unpaired) electrons. The zero-order chi connectivity index (χ0) is 13.7. The molecule has 0 heterocycles. The first kappa shape index (κ1) is 14.0. The van der Waals surface area contributed by atoms with Crippen LogP contribution in [0.5, 0.6) is 5.75 Å². The Morgan fingerprint density at radius 3 is 2.61 bits per heavy atom. The number of hydrogen-bond donors (Lipinski definition) is 0. The first-order chi connectivity index (χ1) is 8.43. The van der Waals surface area contributed by atoms with E-state index in [2.05, 4.69) is 13.8 Å². The van der Waals surface area contributed by atoms with Crippen LogP contribution in [-0.4, -0.2) is 11.0 Å². The van der Waals surface area contributed by atoms with Crippen LogP contribution in [0.1, 0.15) is 32.8 Å². The predicted molar refractivity (Wildman–Crippen MR) is 67.4 cm³/mol. The molecule has 5 heteroatoms. The molecule has 0 aromatic heterocycles. The van der Waals surface area contributed by atoms with Gasteiger partial charge in [-0.3, -0.25) is 10.1 Å². The monoisotopic (exact) mass is 248 g/mol. The van der Waals surface area contributed by atoms with Gasteiger partial charge in [-0.05, 0) is 25.3 Å². The van der Waals surface area contributed by atoms with E-state index >= 15 is 0 Å². The van der Waals surface area contributed by atoms with Crippen LogP contribution in [-0.2, 0) is 0 Å². The van der Waals surface area contributed by atoms with Crippen molar-refractivity contribution < 1.29 is 9.66 Å². The molecule has 0 fully saturated rings. The van der Waals surface area contributed by atoms with E-state index in [1.807, 2.05) is 13.0 Å². The van der Waals surface area contributed by atoms with Gasteiger partial charge in [-0.1, -0.05) is 13.8 Å². The Labute approximate surface area is 106 Å². The van der Waals surface area contributed by atoms with E-state index in [0.29, 0.717) is 11.7 Å². The number of nitro benzene ring substituents is 1. The molecule has 0 bridgehead atoms. The van der Waals surface area contributed by atoms with Crippen LogP contribution in [0.4, 0.5) is 5.69 Å². The first-order valence-electron chi connectivity index (χ1n) is 5.79. The number of nitriles is 1. The largest absolute Gasteiger partial charge is 0.489 e. The van der Waals surface area contributed by atoms with Crippen molar-refractivity contribution in [3.63, 3.8) is 0 Å². The molecule has 0 spiro atoms. The Balaban J connectivity index is 2.90. The molecule has 18 heavy (non-hydrogen) atoms. The van der Waals surface area contributed by atoms with Gasteiger partial charge >= 0.3 is 0 Å². The van der Waals surface area contributed by atoms with Gasteiger partial charge < -0.3 is 4.74 Å². The summed E-state index contributed by atoms with van der Waals surface area (Å²) in [7, 11) is 0. The minimum Gasteiger partial charge on any atom is -0.489 e. The summed E-state index contributed by atoms with van der Waals surface area (Å²) in [6, 6.07) is 5.98. The van der Waals surface area contributed by atoms with Crippen LogP contribution in [0.3, 0.4) is 0 Å². The zero-order valence-electron chi connectivity index (χ0n) is 10.7. The molecule has 1 rings (SSSR count). The summed E-state index contributed by atoms with van der Waals surface area (Å²) >= 11 is 0. The molecule has 1 aromatic carbocycles. The highest BCUT2D eigenvalue weighted by Gasteiger charge is 2.14. The maximum absolute atomic E-state index is 10.6. The summed E-state index contributed by atoms with van der Waals surface area (Å²) in [5.41, 5.74) is 0.0928. The fourth-order valence-corrected chi connectivity index (χ4v) is 1.75. The quantitative estimate of drug-likeness (QED) is 0.591. The smallest absolute Gasteiger partial charge is 0.271 e. The fourth-order valence-electron chi connectivity index (χ4n) is 1.75. The van der Waals surface area contributed by atoms with Crippen LogP contribution in [0.2, 0.25) is 0 Å². The van der Waals surface area contributed by atoms with E-state index in [1.54, 1.807) is 0 Å². The highest BCUT2D eigenvalue weighted by molar-refractivity contribution is 5.50. The molecule has 1 unspecified atom stereocenters. The maximum atomic E-state index is 10.6. The Morgan fingerprint density at radius 2 is 2.11 bits per heavy atom. The molecule has 0 N–H and O–H groups in total. The third-order valence-electron chi connectivity index (χ3n) is 2.43. The third-order valence-corrected chi connectivity index (χ3v) is 2.43. The zero-order valence-corrected chi connectivity index (χ0v) is 10.7. The molecule has 1 aromatic rings. The molecule has 0 aliphatic carbocycles. The van der Waals surface area contributed by atoms with Gasteiger partial charge in [0.15, 0.2) is 0 Å². The van der Waals surface area contributed by atoms with Crippen molar-refractivity contribution in [2.24, 2.45) is 5.92 Å². The summed E-state index contributed by atoms with van der Waals surface area (Å²) < 4.78 is 5.64. The number of ether oxygens (including phenoxy) is 1. The van der Waals surface area contributed by atoms with E-state index in [9.17, 15) is 10.1 Å². The molecular formula is C13H16N2O3. The predicted octanol–water partition coefficient (Wildman–Crippen LogP) is 3.28. The summed E-state index contributed by atoms with van der Waals surface area (Å²) in [4.78, 5) is 10.1. The molecule has 5 nitrogen and oxygen atoms in total. The molecule has 0 aliphatic rings. The molecule has 0 aliphatic heterocycles. The summed E-state index contributed by atoms with van der Waals surface area (Å²) in [5, 5.41) is 19.6. The van der Waals surface area contributed by atoms with Gasteiger partial charge in [-0.25, -0.2) is 0 Å². The van der Waals surface area contributed by atoms with Gasteiger partial charge in [-0.15, -0.1) is 0 Å². The van der Waals surface area contributed by atoms with Crippen molar-refractivity contribution >= 4 is 5.69 Å². The van der Waals surface area contributed by atoms with Crippen molar-refractivity contribution in [2.75, 3.05) is 0 Å². The normalized spacial score (nSPS) is 11.9. The van der Waals surface area contributed by atoms with Gasteiger partial charge in [0.05, 0.1) is 11.0 Å². The molecule has 96 valence electrons. The summed E-state index contributed by atoms with van der Waals surface area (Å²) in [6.45, 7) is 6.09. The van der Waals surface area contributed by atoms with Gasteiger partial charge in [0.1, 0.15) is 17.4 Å². The fraction of sp³-hybridized carbons (Fsp3) is 0.462. The molecule has 0 saturated heterocycles. The summed E-state index contributed by atoms with van der Waals surface area (Å²) in [6.07, 6.45) is 0.834. The van der Waals surface area contributed by atoms with Gasteiger partial charge in [0.2, 0.25) is 0 Å². The van der Waals surface area contributed by atoms with Crippen LogP contribution in [0.25, 0.3) is 0 Å². The molecule has 0 amide bonds. The number of nitrogens with zero attached hydrogens (tertiary/aromatic N) is 2. The second-order valence-corrected chi connectivity index (χ2v) is 4.61. The van der Waals surface area contributed by atoms with Crippen LogP contribution in [0.15, 0.2) is 18.2 Å². The number of non-ortho nitro benzene ring substituents is 1. The average Bonchev–Trinajstić information content (AvgIpc) is 2.27. The lowest BCUT2D eigenvalue weighted by atomic mass is 10.1. The van der Waals surface area contributed by atoms with E-state index in [4.69, 9.17) is 10.00 Å². The molecule has 0 saturated carbocycles. The second-order valence-electron chi connectivity index (χ2n) is 4.61. The van der Waals surface area contributed by atoms with Crippen molar-refractivity contribution in [2.45, 2.75) is 33.3 Å². The van der Waals surface area contributed by atoms with E-state index in [1.165, 1.54) is 18.2 Å². The Morgan fingerprint density at radius 1 is 1.44 bits per heavy atom. The summed E-state index contributed by atoms with van der Waals surface area (Å²) in [5.74, 6) is 0.889. The van der Waals surface area contributed by atoms with Gasteiger partial charge in [0, 0.05) is 12.1 Å². The van der Waals surface area contributed by atoms with Crippen molar-refractivity contribution in [3.05, 3.63) is 33.9 Å². The number of hydrogen-bond acceptors (Lipinski definition) is 4. The highest BCUT2D eigenvalue weighted by atomic mass is 16.6. The van der Waals surface area contributed by atoms with Crippen LogP contribution < -0.4 is 4.74 Å². The Kier molecular flexibility index (Phi) is 4.67. The van der Waals surface area contributed by atoms with Gasteiger partial charge in [0.25, 0.3) is 5.69 Å². The second kappa shape index (κ2) is 6.01. The number of nitro groups is 1. The topological polar surface area (TPSA) is 76.2 Å². The Hall–Kier alpha value is -2.09. The maximum Gasteiger partial charge on any atom is 0.271 e. The van der Waals surface area contributed by atoms with E-state index < -0.39 is 4.92 Å². The lowest BCUT2D eigenvalue weighted by Gasteiger charge is -2.17. The van der Waals surface area contributed by atoms with E-state index in [-0.39, 0.29) is 17.4 Å². The van der Waals surface area contributed by atoms with Crippen LogP contribution in [0, 0.1) is 27.4 Å². The number of benzene rings is 1. The van der Waals surface area contributed by atoms with Crippen LogP contribution >= 0.6 is 0 Å². The number of rotatable bonds is 5.